The van der Waals surface area contributed by atoms with E-state index in [0.717, 1.165) is 6.04 Å². The molecule has 16 heavy (non-hydrogen) atoms. The van der Waals surface area contributed by atoms with E-state index in [1.54, 1.807) is 0 Å². The van der Waals surface area contributed by atoms with E-state index in [1.807, 2.05) is 6.07 Å². The van der Waals surface area contributed by atoms with E-state index < -0.39 is 0 Å². The van der Waals surface area contributed by atoms with Gasteiger partial charge in [-0.15, -0.1) is 0 Å². The zero-order chi connectivity index (χ0) is 11.0. The molecule has 3 rings (SSSR count). The first-order chi connectivity index (χ1) is 7.84. The van der Waals surface area contributed by atoms with E-state index in [2.05, 4.69) is 34.9 Å². The van der Waals surface area contributed by atoms with E-state index in [1.165, 1.54) is 50.3 Å². The molecule has 0 spiro atoms. The topological polar surface area (TPSA) is 6.48 Å². The van der Waals surface area contributed by atoms with Gasteiger partial charge in [-0.2, -0.15) is 0 Å². The molecule has 85 valence electrons. The standard InChI is InChI=1S/C14H19N2/c1-12-4-2-3-5-14(12)16-10-8-15(9-11-16)13-6-7-13/h3-5,13H,6-11H2,1H3. The summed E-state index contributed by atoms with van der Waals surface area (Å²) in [5.41, 5.74) is 2.75. The van der Waals surface area contributed by atoms with Crippen LogP contribution in [0.5, 0.6) is 0 Å². The van der Waals surface area contributed by atoms with Crippen LogP contribution in [0.2, 0.25) is 0 Å². The number of aryl methyl sites for hydroxylation is 1. The Morgan fingerprint density at radius 1 is 1.19 bits per heavy atom. The van der Waals surface area contributed by atoms with E-state index in [9.17, 15) is 0 Å². The second-order valence-corrected chi connectivity index (χ2v) is 4.97. The van der Waals surface area contributed by atoms with Crippen LogP contribution >= 0.6 is 0 Å². The van der Waals surface area contributed by atoms with Gasteiger partial charge in [-0.3, -0.25) is 4.90 Å². The summed E-state index contributed by atoms with van der Waals surface area (Å²) in [6.45, 7) is 7.02. The molecule has 2 nitrogen and oxygen atoms in total. The third-order valence-electron chi connectivity index (χ3n) is 3.76. The molecule has 1 radical (unpaired) electrons. The Bertz CT molecular complexity index is 363. The third-order valence-corrected chi connectivity index (χ3v) is 3.76. The maximum atomic E-state index is 3.14. The van der Waals surface area contributed by atoms with Gasteiger partial charge in [-0.25, -0.2) is 0 Å². The molecule has 2 heteroatoms. The molecule has 1 aliphatic heterocycles. The van der Waals surface area contributed by atoms with Crippen molar-refractivity contribution in [3.8, 4) is 0 Å². The van der Waals surface area contributed by atoms with Crippen LogP contribution in [-0.2, 0) is 0 Å². The number of hydrogen-bond donors (Lipinski definition) is 0. The molecule has 0 bridgehead atoms. The van der Waals surface area contributed by atoms with Gasteiger partial charge in [0.2, 0.25) is 0 Å². The van der Waals surface area contributed by atoms with Crippen molar-refractivity contribution in [3.05, 3.63) is 29.8 Å². The molecule has 0 unspecified atom stereocenters. The molecular formula is C14H19N2. The lowest BCUT2D eigenvalue weighted by molar-refractivity contribution is 0.248. The van der Waals surface area contributed by atoms with E-state index in [0.29, 0.717) is 0 Å². The van der Waals surface area contributed by atoms with Gasteiger partial charge in [0.1, 0.15) is 0 Å². The van der Waals surface area contributed by atoms with Crippen LogP contribution in [0.25, 0.3) is 0 Å². The van der Waals surface area contributed by atoms with Gasteiger partial charge in [-0.05, 0) is 43.5 Å². The van der Waals surface area contributed by atoms with Crippen molar-refractivity contribution in [2.75, 3.05) is 31.1 Å². The first kappa shape index (κ1) is 10.2. The Hall–Kier alpha value is -1.02. The predicted octanol–water partition coefficient (Wildman–Crippen LogP) is 2.08. The van der Waals surface area contributed by atoms with Gasteiger partial charge in [0.05, 0.1) is 0 Å². The fourth-order valence-electron chi connectivity index (χ4n) is 2.63. The van der Waals surface area contributed by atoms with Crippen LogP contribution < -0.4 is 4.90 Å². The predicted molar refractivity (Wildman–Crippen MR) is 66.8 cm³/mol. The molecule has 1 saturated carbocycles. The van der Waals surface area contributed by atoms with Crippen LogP contribution in [0.1, 0.15) is 18.4 Å². The Labute approximate surface area is 97.9 Å². The summed E-state index contributed by atoms with van der Waals surface area (Å²) < 4.78 is 0. The Kier molecular flexibility index (Phi) is 2.60. The summed E-state index contributed by atoms with van der Waals surface area (Å²) in [5.74, 6) is 0. The number of hydrogen-bond acceptors (Lipinski definition) is 2. The van der Waals surface area contributed by atoms with Crippen molar-refractivity contribution in [3.63, 3.8) is 0 Å². The monoisotopic (exact) mass is 215 g/mol. The maximum absolute atomic E-state index is 3.14. The minimum absolute atomic E-state index is 0.923. The molecular weight excluding hydrogens is 196 g/mol. The number of piperazine rings is 1. The molecule has 1 aliphatic carbocycles. The Morgan fingerprint density at radius 3 is 2.56 bits per heavy atom. The number of anilines is 1. The molecule has 1 aromatic rings. The smallest absolute Gasteiger partial charge is 0.0397 e. The summed E-state index contributed by atoms with van der Waals surface area (Å²) in [6.07, 6.45) is 2.86. The Balaban J connectivity index is 1.67. The van der Waals surface area contributed by atoms with Gasteiger partial charge in [0, 0.05) is 37.9 Å². The van der Waals surface area contributed by atoms with Crippen LogP contribution in [0, 0.1) is 13.0 Å². The van der Waals surface area contributed by atoms with Crippen LogP contribution in [0.4, 0.5) is 5.69 Å². The SMILES string of the molecule is Cc1c[c]ccc1N1CCN(C2CC2)CC1. The summed E-state index contributed by atoms with van der Waals surface area (Å²) in [6, 6.07) is 10.4. The second kappa shape index (κ2) is 4.10. The van der Waals surface area contributed by atoms with E-state index in [-0.39, 0.29) is 0 Å². The first-order valence-electron chi connectivity index (χ1n) is 6.30. The average Bonchev–Trinajstić information content (AvgIpc) is 3.14. The first-order valence-corrected chi connectivity index (χ1v) is 6.30. The lowest BCUT2D eigenvalue weighted by Crippen LogP contribution is -2.47. The molecule has 0 N–H and O–H groups in total. The lowest BCUT2D eigenvalue weighted by Gasteiger charge is -2.36. The van der Waals surface area contributed by atoms with Crippen molar-refractivity contribution in [1.82, 2.24) is 4.90 Å². The summed E-state index contributed by atoms with van der Waals surface area (Å²) in [5, 5.41) is 0. The van der Waals surface area contributed by atoms with Crippen molar-refractivity contribution >= 4 is 5.69 Å². The van der Waals surface area contributed by atoms with Crippen LogP contribution in [0.15, 0.2) is 18.2 Å². The molecule has 1 heterocycles. The van der Waals surface area contributed by atoms with Crippen molar-refractivity contribution < 1.29 is 0 Å². The fourth-order valence-corrected chi connectivity index (χ4v) is 2.63. The highest BCUT2D eigenvalue weighted by Gasteiger charge is 2.31. The van der Waals surface area contributed by atoms with Gasteiger partial charge < -0.3 is 4.90 Å². The molecule has 2 fully saturated rings. The van der Waals surface area contributed by atoms with Crippen molar-refractivity contribution in [2.45, 2.75) is 25.8 Å². The van der Waals surface area contributed by atoms with Gasteiger partial charge in [0.15, 0.2) is 0 Å². The molecule has 1 aromatic carbocycles. The highest BCUT2D eigenvalue weighted by molar-refractivity contribution is 5.53. The molecule has 2 aliphatic rings. The zero-order valence-corrected chi connectivity index (χ0v) is 9.95. The summed E-state index contributed by atoms with van der Waals surface area (Å²) in [4.78, 5) is 5.17. The number of benzene rings is 1. The third kappa shape index (κ3) is 1.94. The van der Waals surface area contributed by atoms with Crippen LogP contribution in [-0.4, -0.2) is 37.1 Å². The minimum atomic E-state index is 0.923. The molecule has 0 amide bonds. The fraction of sp³-hybridized carbons (Fsp3) is 0.571. The zero-order valence-electron chi connectivity index (χ0n) is 9.95. The quantitative estimate of drug-likeness (QED) is 0.745. The summed E-state index contributed by atoms with van der Waals surface area (Å²) >= 11 is 0. The molecule has 0 aromatic heterocycles. The molecule has 1 saturated heterocycles. The largest absolute Gasteiger partial charge is 0.369 e. The second-order valence-electron chi connectivity index (χ2n) is 4.97. The van der Waals surface area contributed by atoms with Crippen molar-refractivity contribution in [2.24, 2.45) is 0 Å². The van der Waals surface area contributed by atoms with Gasteiger partial charge >= 0.3 is 0 Å². The highest BCUT2D eigenvalue weighted by atomic mass is 15.3. The van der Waals surface area contributed by atoms with E-state index in [4.69, 9.17) is 0 Å². The van der Waals surface area contributed by atoms with Crippen LogP contribution in [0.3, 0.4) is 0 Å². The summed E-state index contributed by atoms with van der Waals surface area (Å²) in [7, 11) is 0. The highest BCUT2D eigenvalue weighted by Crippen LogP contribution is 2.29. The van der Waals surface area contributed by atoms with Crippen molar-refractivity contribution in [1.29, 1.82) is 0 Å². The van der Waals surface area contributed by atoms with Gasteiger partial charge in [0.25, 0.3) is 0 Å². The Morgan fingerprint density at radius 2 is 1.94 bits per heavy atom. The van der Waals surface area contributed by atoms with E-state index >= 15 is 0 Å². The maximum Gasteiger partial charge on any atom is 0.0397 e. The lowest BCUT2D eigenvalue weighted by atomic mass is 10.1. The average molecular weight is 215 g/mol. The molecule has 0 atom stereocenters. The normalized spacial score (nSPS) is 22.4. The number of nitrogens with zero attached hydrogens (tertiary/aromatic N) is 2. The minimum Gasteiger partial charge on any atom is -0.369 e. The number of rotatable bonds is 2. The van der Waals surface area contributed by atoms with Gasteiger partial charge in [-0.1, -0.05) is 6.07 Å².